The standard InChI is InChI=1S/C18H20ClFN2O3S/c1-12(13-3-7-15(19)8-4-13)21-18(23)11-17(22-26(2,24)25)14-5-9-16(20)10-6-14/h3-10,12,17,22H,11H2,1-2H3,(H,21,23). The van der Waals surface area contributed by atoms with E-state index < -0.39 is 21.9 Å². The number of nitrogens with one attached hydrogen (secondary N) is 2. The summed E-state index contributed by atoms with van der Waals surface area (Å²) >= 11 is 5.85. The molecule has 0 fully saturated rings. The van der Waals surface area contributed by atoms with Crippen molar-refractivity contribution in [3.8, 4) is 0 Å². The molecule has 0 heterocycles. The molecule has 5 nitrogen and oxygen atoms in total. The fourth-order valence-corrected chi connectivity index (χ4v) is 3.36. The van der Waals surface area contributed by atoms with Crippen LogP contribution in [0.15, 0.2) is 48.5 Å². The van der Waals surface area contributed by atoms with Gasteiger partial charge >= 0.3 is 0 Å². The van der Waals surface area contributed by atoms with E-state index >= 15 is 0 Å². The Morgan fingerprint density at radius 2 is 1.62 bits per heavy atom. The minimum absolute atomic E-state index is 0.114. The van der Waals surface area contributed by atoms with E-state index in [1.54, 1.807) is 24.3 Å². The lowest BCUT2D eigenvalue weighted by Gasteiger charge is -2.20. The molecule has 0 aliphatic carbocycles. The fourth-order valence-electron chi connectivity index (χ4n) is 2.50. The highest BCUT2D eigenvalue weighted by molar-refractivity contribution is 7.88. The summed E-state index contributed by atoms with van der Waals surface area (Å²) in [4.78, 5) is 12.4. The predicted molar refractivity (Wildman–Crippen MR) is 99.7 cm³/mol. The molecule has 0 aromatic heterocycles. The summed E-state index contributed by atoms with van der Waals surface area (Å²) in [5.74, 6) is -0.773. The molecule has 0 aliphatic heterocycles. The fraction of sp³-hybridized carbons (Fsp3) is 0.278. The zero-order valence-corrected chi connectivity index (χ0v) is 15.9. The molecular formula is C18H20ClFN2O3S. The highest BCUT2D eigenvalue weighted by Crippen LogP contribution is 2.20. The molecule has 0 saturated heterocycles. The molecule has 0 saturated carbocycles. The lowest BCUT2D eigenvalue weighted by molar-refractivity contribution is -0.122. The first kappa shape index (κ1) is 20.4. The van der Waals surface area contributed by atoms with E-state index in [-0.39, 0.29) is 18.4 Å². The van der Waals surface area contributed by atoms with Crippen LogP contribution < -0.4 is 10.0 Å². The van der Waals surface area contributed by atoms with Gasteiger partial charge in [-0.15, -0.1) is 0 Å². The second-order valence-electron chi connectivity index (χ2n) is 6.04. The maximum atomic E-state index is 13.1. The Morgan fingerprint density at radius 3 is 2.15 bits per heavy atom. The van der Waals surface area contributed by atoms with E-state index in [4.69, 9.17) is 11.6 Å². The van der Waals surface area contributed by atoms with Crippen molar-refractivity contribution in [1.29, 1.82) is 0 Å². The Kier molecular flexibility index (Phi) is 6.75. The average molecular weight is 399 g/mol. The number of rotatable bonds is 7. The van der Waals surface area contributed by atoms with Crippen molar-refractivity contribution in [3.63, 3.8) is 0 Å². The molecule has 0 radical (unpaired) electrons. The summed E-state index contributed by atoms with van der Waals surface area (Å²) in [6.07, 6.45) is 0.897. The molecule has 26 heavy (non-hydrogen) atoms. The molecule has 2 aromatic rings. The number of halogens is 2. The monoisotopic (exact) mass is 398 g/mol. The Morgan fingerprint density at radius 1 is 1.08 bits per heavy atom. The molecular weight excluding hydrogens is 379 g/mol. The van der Waals surface area contributed by atoms with Gasteiger partial charge in [0.15, 0.2) is 0 Å². The van der Waals surface area contributed by atoms with Crippen LogP contribution in [0.4, 0.5) is 4.39 Å². The second-order valence-corrected chi connectivity index (χ2v) is 8.26. The lowest BCUT2D eigenvalue weighted by Crippen LogP contribution is -2.34. The summed E-state index contributed by atoms with van der Waals surface area (Å²) in [7, 11) is -3.55. The van der Waals surface area contributed by atoms with Crippen LogP contribution in [-0.2, 0) is 14.8 Å². The van der Waals surface area contributed by atoms with Gasteiger partial charge in [-0.05, 0) is 42.3 Å². The quantitative estimate of drug-likeness (QED) is 0.751. The first-order valence-electron chi connectivity index (χ1n) is 7.91. The number of sulfonamides is 1. The van der Waals surface area contributed by atoms with Gasteiger partial charge in [-0.25, -0.2) is 17.5 Å². The molecule has 2 atom stereocenters. The van der Waals surface area contributed by atoms with E-state index in [0.717, 1.165) is 11.8 Å². The van der Waals surface area contributed by atoms with Gasteiger partial charge < -0.3 is 5.32 Å². The zero-order chi connectivity index (χ0) is 19.3. The maximum Gasteiger partial charge on any atom is 0.222 e. The molecule has 2 N–H and O–H groups in total. The number of amides is 1. The lowest BCUT2D eigenvalue weighted by atomic mass is 10.0. The van der Waals surface area contributed by atoms with Gasteiger partial charge in [0.05, 0.1) is 18.3 Å². The largest absolute Gasteiger partial charge is 0.350 e. The first-order chi connectivity index (χ1) is 12.1. The van der Waals surface area contributed by atoms with Crippen molar-refractivity contribution in [3.05, 3.63) is 70.5 Å². The molecule has 2 rings (SSSR count). The minimum Gasteiger partial charge on any atom is -0.350 e. The van der Waals surface area contributed by atoms with Crippen LogP contribution in [0.25, 0.3) is 0 Å². The van der Waals surface area contributed by atoms with E-state index in [1.165, 1.54) is 24.3 Å². The first-order valence-corrected chi connectivity index (χ1v) is 10.2. The topological polar surface area (TPSA) is 75.3 Å². The SMILES string of the molecule is CC(NC(=O)CC(NS(C)(=O)=O)c1ccc(F)cc1)c1ccc(Cl)cc1. The molecule has 2 aromatic carbocycles. The van der Waals surface area contributed by atoms with Crippen LogP contribution in [0.3, 0.4) is 0 Å². The minimum atomic E-state index is -3.55. The van der Waals surface area contributed by atoms with Crippen LogP contribution >= 0.6 is 11.6 Å². The molecule has 0 bridgehead atoms. The van der Waals surface area contributed by atoms with E-state index in [0.29, 0.717) is 10.6 Å². The van der Waals surface area contributed by atoms with Gasteiger partial charge in [-0.1, -0.05) is 35.9 Å². The van der Waals surface area contributed by atoms with E-state index in [9.17, 15) is 17.6 Å². The van der Waals surface area contributed by atoms with Crippen molar-refractivity contribution < 1.29 is 17.6 Å². The second kappa shape index (κ2) is 8.62. The van der Waals surface area contributed by atoms with Gasteiger partial charge in [0.2, 0.25) is 15.9 Å². The van der Waals surface area contributed by atoms with Crippen molar-refractivity contribution in [2.24, 2.45) is 0 Å². The van der Waals surface area contributed by atoms with E-state index in [1.807, 2.05) is 6.92 Å². The summed E-state index contributed by atoms with van der Waals surface area (Å²) < 4.78 is 38.7. The van der Waals surface area contributed by atoms with Crippen molar-refractivity contribution in [2.45, 2.75) is 25.4 Å². The molecule has 1 amide bonds. The summed E-state index contributed by atoms with van der Waals surface area (Å²) in [5.41, 5.74) is 1.38. The smallest absolute Gasteiger partial charge is 0.222 e. The number of hydrogen-bond donors (Lipinski definition) is 2. The van der Waals surface area contributed by atoms with Crippen LogP contribution in [-0.4, -0.2) is 20.6 Å². The van der Waals surface area contributed by atoms with Crippen LogP contribution in [0.1, 0.15) is 36.6 Å². The van der Waals surface area contributed by atoms with Crippen LogP contribution in [0, 0.1) is 5.82 Å². The third-order valence-corrected chi connectivity index (χ3v) is 4.73. The highest BCUT2D eigenvalue weighted by atomic mass is 35.5. The highest BCUT2D eigenvalue weighted by Gasteiger charge is 2.21. The number of benzene rings is 2. The molecule has 8 heteroatoms. The van der Waals surface area contributed by atoms with Crippen molar-refractivity contribution in [2.75, 3.05) is 6.26 Å². The molecule has 2 unspecified atom stereocenters. The molecule has 0 aliphatic rings. The Balaban J connectivity index is 2.10. The van der Waals surface area contributed by atoms with Gasteiger partial charge in [0.1, 0.15) is 5.82 Å². The number of hydrogen-bond acceptors (Lipinski definition) is 3. The van der Waals surface area contributed by atoms with Crippen molar-refractivity contribution >= 4 is 27.5 Å². The summed E-state index contributed by atoms with van der Waals surface area (Å²) in [6.45, 7) is 1.82. The molecule has 140 valence electrons. The Labute approximate surface area is 157 Å². The molecule has 0 spiro atoms. The average Bonchev–Trinajstić information content (AvgIpc) is 2.54. The zero-order valence-electron chi connectivity index (χ0n) is 14.4. The Hall–Kier alpha value is -1.96. The van der Waals surface area contributed by atoms with E-state index in [2.05, 4.69) is 10.0 Å². The van der Waals surface area contributed by atoms with Crippen molar-refractivity contribution in [1.82, 2.24) is 10.0 Å². The Bertz CT molecular complexity index is 855. The number of carbonyl (C=O) groups is 1. The van der Waals surface area contributed by atoms with Gasteiger partial charge in [0, 0.05) is 11.4 Å². The third kappa shape index (κ3) is 6.40. The number of carbonyl (C=O) groups excluding carboxylic acids is 1. The summed E-state index contributed by atoms with van der Waals surface area (Å²) in [5, 5.41) is 3.42. The maximum absolute atomic E-state index is 13.1. The summed E-state index contributed by atoms with van der Waals surface area (Å²) in [6, 6.07) is 11.4. The van der Waals surface area contributed by atoms with Gasteiger partial charge in [-0.3, -0.25) is 4.79 Å². The predicted octanol–water partition coefficient (Wildman–Crippen LogP) is 3.34. The normalized spacial score (nSPS) is 13.8. The van der Waals surface area contributed by atoms with Crippen LogP contribution in [0.2, 0.25) is 5.02 Å². The third-order valence-electron chi connectivity index (χ3n) is 3.77. The van der Waals surface area contributed by atoms with Gasteiger partial charge in [-0.2, -0.15) is 0 Å². The van der Waals surface area contributed by atoms with Gasteiger partial charge in [0.25, 0.3) is 0 Å². The van der Waals surface area contributed by atoms with Crippen LogP contribution in [0.5, 0.6) is 0 Å².